The minimum absolute atomic E-state index is 0.827. The van der Waals surface area contributed by atoms with Gasteiger partial charge < -0.3 is 21.7 Å². The van der Waals surface area contributed by atoms with Gasteiger partial charge in [-0.15, -0.1) is 0 Å². The van der Waals surface area contributed by atoms with Crippen LogP contribution in [0.25, 0.3) is 0 Å². The van der Waals surface area contributed by atoms with E-state index in [1.807, 2.05) is 0 Å². The van der Waals surface area contributed by atoms with Gasteiger partial charge in [0.2, 0.25) is 0 Å². The fourth-order valence-electron chi connectivity index (χ4n) is 1.91. The third kappa shape index (κ3) is 4.57. The number of rotatable bonds is 1. The van der Waals surface area contributed by atoms with Crippen molar-refractivity contribution in [2.45, 2.75) is 0 Å². The van der Waals surface area contributed by atoms with Gasteiger partial charge >= 0.3 is 7.25 Å². The van der Waals surface area contributed by atoms with Gasteiger partial charge in [0.15, 0.2) is 6.00 Å². The zero-order chi connectivity index (χ0) is 11.5. The first-order valence-electron chi connectivity index (χ1n) is 4.85. The minimum atomic E-state index is -6.00. The quantitative estimate of drug-likeness (QED) is 0.224. The second-order valence-corrected chi connectivity index (χ2v) is 4.21. The summed E-state index contributed by atoms with van der Waals surface area (Å²) < 4.78 is 40.2. The fraction of sp³-hybridized carbons (Fsp3) is 1.00. The lowest BCUT2D eigenvalue weighted by Gasteiger charge is -2.49. The van der Waals surface area contributed by atoms with Crippen LogP contribution in [0, 0.1) is 0 Å². The Morgan fingerprint density at radius 3 is 1.53 bits per heavy atom. The number of quaternary nitrogens is 1. The van der Waals surface area contributed by atoms with Gasteiger partial charge in [-0.3, -0.25) is 4.90 Å². The summed E-state index contributed by atoms with van der Waals surface area (Å²) in [7, 11) is -6.00. The van der Waals surface area contributed by atoms with Crippen LogP contribution in [0.4, 0.5) is 17.3 Å². The second-order valence-electron chi connectivity index (χ2n) is 3.97. The van der Waals surface area contributed by atoms with E-state index in [-0.39, 0.29) is 0 Å². The van der Waals surface area contributed by atoms with Crippen molar-refractivity contribution in [2.75, 3.05) is 45.3 Å². The molecule has 3 fully saturated rings. The molecule has 3 heterocycles. The molecule has 3 aliphatic heterocycles. The van der Waals surface area contributed by atoms with E-state index in [4.69, 9.17) is 11.6 Å². The molecule has 3 rings (SSSR count). The number of halogens is 5. The van der Waals surface area contributed by atoms with Crippen LogP contribution in [0.15, 0.2) is 0 Å². The Morgan fingerprint density at radius 2 is 1.33 bits per heavy atom. The van der Waals surface area contributed by atoms with Gasteiger partial charge in [-0.25, -0.2) is 0 Å². The molecular formula is C7H14BClF4N2. The predicted molar refractivity (Wildman–Crippen MR) is 52.2 cm³/mol. The molecule has 3 aliphatic rings. The molecule has 0 saturated carbocycles. The van der Waals surface area contributed by atoms with E-state index in [1.165, 1.54) is 43.8 Å². The topological polar surface area (TPSA) is 3.24 Å². The molecule has 0 unspecified atom stereocenters. The van der Waals surface area contributed by atoms with Crippen molar-refractivity contribution in [1.82, 2.24) is 4.90 Å². The van der Waals surface area contributed by atoms with Crippen LogP contribution in [0.3, 0.4) is 0 Å². The number of alkyl halides is 1. The maximum absolute atomic E-state index is 9.75. The van der Waals surface area contributed by atoms with Crippen LogP contribution in [-0.4, -0.2) is 61.9 Å². The van der Waals surface area contributed by atoms with E-state index in [2.05, 4.69) is 4.90 Å². The zero-order valence-electron chi connectivity index (χ0n) is 8.31. The summed E-state index contributed by atoms with van der Waals surface area (Å²) in [6.07, 6.45) is 0. The fourth-order valence-corrected chi connectivity index (χ4v) is 2.27. The van der Waals surface area contributed by atoms with Crippen LogP contribution in [-0.2, 0) is 0 Å². The third-order valence-electron chi connectivity index (χ3n) is 2.93. The highest BCUT2D eigenvalue weighted by Crippen LogP contribution is 2.19. The highest BCUT2D eigenvalue weighted by molar-refractivity contribution is 6.50. The van der Waals surface area contributed by atoms with E-state index in [1.54, 1.807) is 0 Å². The molecule has 0 aromatic carbocycles. The molecule has 0 spiro atoms. The van der Waals surface area contributed by atoms with Crippen molar-refractivity contribution < 1.29 is 21.7 Å². The van der Waals surface area contributed by atoms with E-state index >= 15 is 0 Å². The molecule has 90 valence electrons. The predicted octanol–water partition coefficient (Wildman–Crippen LogP) is 1.63. The van der Waals surface area contributed by atoms with Gasteiger partial charge in [-0.2, -0.15) is 0 Å². The van der Waals surface area contributed by atoms with Gasteiger partial charge in [0.25, 0.3) is 0 Å². The van der Waals surface area contributed by atoms with Crippen LogP contribution < -0.4 is 0 Å². The largest absolute Gasteiger partial charge is 0.673 e. The summed E-state index contributed by atoms with van der Waals surface area (Å²) >= 11 is 5.92. The van der Waals surface area contributed by atoms with Crippen molar-refractivity contribution in [3.63, 3.8) is 0 Å². The number of piperazine rings is 3. The van der Waals surface area contributed by atoms with Crippen molar-refractivity contribution in [2.24, 2.45) is 0 Å². The summed E-state index contributed by atoms with van der Waals surface area (Å²) in [6, 6.07) is 0.827. The normalized spacial score (nSPS) is 34.6. The Kier molecular flexibility index (Phi) is 4.25. The van der Waals surface area contributed by atoms with E-state index in [0.29, 0.717) is 0 Å². The van der Waals surface area contributed by atoms with E-state index in [0.717, 1.165) is 6.00 Å². The average molecular weight is 248 g/mol. The molecule has 2 bridgehead atoms. The van der Waals surface area contributed by atoms with E-state index in [9.17, 15) is 17.3 Å². The van der Waals surface area contributed by atoms with Crippen molar-refractivity contribution in [3.05, 3.63) is 0 Å². The van der Waals surface area contributed by atoms with Gasteiger partial charge in [0.1, 0.15) is 0 Å². The highest BCUT2D eigenvalue weighted by Gasteiger charge is 2.37. The monoisotopic (exact) mass is 248 g/mol. The molecular weight excluding hydrogens is 234 g/mol. The Morgan fingerprint density at radius 1 is 1.00 bits per heavy atom. The molecule has 8 heteroatoms. The van der Waals surface area contributed by atoms with E-state index < -0.39 is 7.25 Å². The number of nitrogens with zero attached hydrogens (tertiary/aromatic N) is 2. The van der Waals surface area contributed by atoms with Gasteiger partial charge in [0, 0.05) is 19.6 Å². The smallest absolute Gasteiger partial charge is 0.418 e. The molecule has 0 amide bonds. The first-order chi connectivity index (χ1) is 6.85. The van der Waals surface area contributed by atoms with Gasteiger partial charge in [-0.05, 0) is 0 Å². The summed E-state index contributed by atoms with van der Waals surface area (Å²) in [6.45, 7) is 7.66. The molecule has 15 heavy (non-hydrogen) atoms. The standard InChI is InChI=1S/C7H14ClN2.BF4/c8-7-10-4-1-9(2-5-10)3-6-10;2-1(3,4)5/h1-7H2;/q+1;-1. The molecule has 3 saturated heterocycles. The molecule has 0 aliphatic carbocycles. The lowest BCUT2D eigenvalue weighted by atomic mass is 10.2. The Bertz CT molecular complexity index is 186. The number of hydrogen-bond acceptors (Lipinski definition) is 1. The Labute approximate surface area is 91.5 Å². The molecule has 2 nitrogen and oxygen atoms in total. The van der Waals surface area contributed by atoms with Crippen molar-refractivity contribution in [1.29, 1.82) is 0 Å². The highest BCUT2D eigenvalue weighted by atomic mass is 35.5. The van der Waals surface area contributed by atoms with Crippen LogP contribution >= 0.6 is 11.6 Å². The molecule has 0 aromatic rings. The number of fused-ring (bicyclic) bond motifs is 3. The summed E-state index contributed by atoms with van der Waals surface area (Å²) in [5.41, 5.74) is 0. The summed E-state index contributed by atoms with van der Waals surface area (Å²) in [5.74, 6) is 0. The van der Waals surface area contributed by atoms with Crippen molar-refractivity contribution >= 4 is 18.9 Å². The van der Waals surface area contributed by atoms with Crippen molar-refractivity contribution in [3.8, 4) is 0 Å². The van der Waals surface area contributed by atoms with Gasteiger partial charge in [0.05, 0.1) is 19.6 Å². The summed E-state index contributed by atoms with van der Waals surface area (Å²) in [4.78, 5) is 2.53. The summed E-state index contributed by atoms with van der Waals surface area (Å²) in [5, 5.41) is 0. The Balaban J connectivity index is 0.000000195. The molecule has 0 radical (unpaired) electrons. The molecule has 0 N–H and O–H groups in total. The molecule has 0 aromatic heterocycles. The maximum atomic E-state index is 9.75. The third-order valence-corrected chi connectivity index (χ3v) is 3.43. The second kappa shape index (κ2) is 4.89. The van der Waals surface area contributed by atoms with Crippen LogP contribution in [0.5, 0.6) is 0 Å². The van der Waals surface area contributed by atoms with Crippen LogP contribution in [0.1, 0.15) is 0 Å². The lowest BCUT2D eigenvalue weighted by molar-refractivity contribution is -0.930. The Hall–Kier alpha value is -0.00506. The van der Waals surface area contributed by atoms with Crippen LogP contribution in [0.2, 0.25) is 0 Å². The van der Waals surface area contributed by atoms with Gasteiger partial charge in [-0.1, -0.05) is 11.6 Å². The first kappa shape index (κ1) is 13.1. The average Bonchev–Trinajstić information content (AvgIpc) is 2.18. The zero-order valence-corrected chi connectivity index (χ0v) is 9.07. The molecule has 0 atom stereocenters. The lowest BCUT2D eigenvalue weighted by Crippen LogP contribution is -2.66. The number of hydrogen-bond donors (Lipinski definition) is 0. The maximum Gasteiger partial charge on any atom is 0.673 e. The minimum Gasteiger partial charge on any atom is -0.418 e. The first-order valence-corrected chi connectivity index (χ1v) is 5.39. The SMILES string of the molecule is ClC[N+]12CCN(CC1)CC2.F[B-](F)(F)F.